The highest BCUT2D eigenvalue weighted by atomic mass is 19.3. The monoisotopic (exact) mass is 139 g/mol. The maximum atomic E-state index is 11.8. The van der Waals surface area contributed by atoms with E-state index in [2.05, 4.69) is 4.98 Å². The molecule has 10 heavy (non-hydrogen) atoms. The van der Waals surface area contributed by atoms with Crippen molar-refractivity contribution in [2.45, 2.75) is 6.43 Å². The van der Waals surface area contributed by atoms with Crippen LogP contribution in [0.3, 0.4) is 0 Å². The molecular formula is C6H4BF2N. The maximum absolute atomic E-state index is 11.8. The molecule has 2 radical (unpaired) electrons. The van der Waals surface area contributed by atoms with E-state index in [1.165, 1.54) is 18.3 Å². The Kier molecular flexibility index (Phi) is 1.99. The molecule has 1 aromatic rings. The van der Waals surface area contributed by atoms with Gasteiger partial charge in [-0.15, -0.1) is 0 Å². The van der Waals surface area contributed by atoms with Gasteiger partial charge < -0.3 is 0 Å². The van der Waals surface area contributed by atoms with Crippen molar-refractivity contribution in [1.82, 2.24) is 4.98 Å². The number of aromatic nitrogens is 1. The van der Waals surface area contributed by atoms with E-state index in [1.807, 2.05) is 0 Å². The molecule has 0 aliphatic heterocycles. The molecule has 1 aromatic heterocycles. The van der Waals surface area contributed by atoms with Gasteiger partial charge in [-0.05, 0) is 6.07 Å². The molecule has 0 bridgehead atoms. The Morgan fingerprint density at radius 1 is 1.40 bits per heavy atom. The van der Waals surface area contributed by atoms with E-state index in [4.69, 9.17) is 7.85 Å². The van der Waals surface area contributed by atoms with Crippen molar-refractivity contribution in [2.24, 2.45) is 0 Å². The highest BCUT2D eigenvalue weighted by molar-refractivity contribution is 6.31. The highest BCUT2D eigenvalue weighted by Gasteiger charge is 2.05. The summed E-state index contributed by atoms with van der Waals surface area (Å²) in [4.78, 5) is 3.40. The lowest BCUT2D eigenvalue weighted by molar-refractivity contribution is 0.146. The molecule has 4 heteroatoms. The topological polar surface area (TPSA) is 12.9 Å². The van der Waals surface area contributed by atoms with Crippen molar-refractivity contribution >= 4 is 13.3 Å². The van der Waals surface area contributed by atoms with Gasteiger partial charge in [0.25, 0.3) is 6.43 Å². The molecular weight excluding hydrogens is 135 g/mol. The number of halogens is 2. The molecule has 0 saturated heterocycles. The summed E-state index contributed by atoms with van der Waals surface area (Å²) < 4.78 is 23.6. The minimum Gasteiger partial charge on any atom is -0.256 e. The van der Waals surface area contributed by atoms with E-state index in [0.29, 0.717) is 5.46 Å². The zero-order valence-corrected chi connectivity index (χ0v) is 5.09. The minimum atomic E-state index is -2.51. The van der Waals surface area contributed by atoms with Crippen molar-refractivity contribution in [3.8, 4) is 0 Å². The second-order valence-electron chi connectivity index (χ2n) is 1.82. The van der Waals surface area contributed by atoms with Gasteiger partial charge in [-0.2, -0.15) is 0 Å². The Bertz CT molecular complexity index is 209. The standard InChI is InChI=1S/C6H4BF2N/c7-4-1-2-5(6(8)9)10-3-4/h1-3,6H. The minimum absolute atomic E-state index is 0.241. The van der Waals surface area contributed by atoms with Crippen LogP contribution in [0.1, 0.15) is 12.1 Å². The summed E-state index contributed by atoms with van der Waals surface area (Å²) in [5.74, 6) is 0. The first-order valence-corrected chi connectivity index (χ1v) is 2.69. The van der Waals surface area contributed by atoms with Gasteiger partial charge in [0.15, 0.2) is 0 Å². The molecule has 0 unspecified atom stereocenters. The van der Waals surface area contributed by atoms with Crippen molar-refractivity contribution < 1.29 is 8.78 Å². The van der Waals surface area contributed by atoms with E-state index in [0.717, 1.165) is 0 Å². The Labute approximate surface area is 58.5 Å². The average Bonchev–Trinajstić information content (AvgIpc) is 1.88. The summed E-state index contributed by atoms with van der Waals surface area (Å²) >= 11 is 0. The first-order valence-electron chi connectivity index (χ1n) is 2.69. The molecule has 1 heterocycles. The summed E-state index contributed by atoms with van der Waals surface area (Å²) in [6.45, 7) is 0. The largest absolute Gasteiger partial charge is 0.280 e. The number of hydrogen-bond acceptors (Lipinski definition) is 1. The SMILES string of the molecule is [B]c1ccc(C(F)F)nc1. The Morgan fingerprint density at radius 2 is 2.10 bits per heavy atom. The van der Waals surface area contributed by atoms with Crippen LogP contribution >= 0.6 is 0 Å². The van der Waals surface area contributed by atoms with Crippen LogP contribution in [-0.2, 0) is 0 Å². The Morgan fingerprint density at radius 3 is 2.50 bits per heavy atom. The zero-order chi connectivity index (χ0) is 7.56. The maximum Gasteiger partial charge on any atom is 0.280 e. The molecule has 1 rings (SSSR count). The zero-order valence-electron chi connectivity index (χ0n) is 5.09. The average molecular weight is 139 g/mol. The molecule has 0 aliphatic carbocycles. The van der Waals surface area contributed by atoms with Crippen LogP contribution in [0, 0.1) is 0 Å². The molecule has 0 aromatic carbocycles. The fraction of sp³-hybridized carbons (Fsp3) is 0.167. The lowest BCUT2D eigenvalue weighted by Gasteiger charge is -1.96. The number of alkyl halides is 2. The van der Waals surface area contributed by atoms with Gasteiger partial charge in [-0.1, -0.05) is 11.5 Å². The van der Waals surface area contributed by atoms with Gasteiger partial charge in [-0.3, -0.25) is 4.98 Å². The van der Waals surface area contributed by atoms with E-state index < -0.39 is 6.43 Å². The summed E-state index contributed by atoms with van der Waals surface area (Å²) in [6, 6.07) is 2.61. The van der Waals surface area contributed by atoms with Crippen molar-refractivity contribution in [3.63, 3.8) is 0 Å². The number of pyridine rings is 1. The summed E-state index contributed by atoms with van der Waals surface area (Å²) in [6.07, 6.45) is -1.30. The lowest BCUT2D eigenvalue weighted by atomic mass is 9.99. The smallest absolute Gasteiger partial charge is 0.256 e. The summed E-state index contributed by atoms with van der Waals surface area (Å²) in [5, 5.41) is 0. The first kappa shape index (κ1) is 7.19. The van der Waals surface area contributed by atoms with Crippen molar-refractivity contribution in [1.29, 1.82) is 0 Å². The van der Waals surface area contributed by atoms with Gasteiger partial charge in [-0.25, -0.2) is 8.78 Å². The molecule has 0 spiro atoms. The van der Waals surface area contributed by atoms with E-state index >= 15 is 0 Å². The van der Waals surface area contributed by atoms with Gasteiger partial charge in [0.1, 0.15) is 13.5 Å². The van der Waals surface area contributed by atoms with E-state index in [1.54, 1.807) is 0 Å². The third kappa shape index (κ3) is 1.53. The number of rotatable bonds is 1. The quantitative estimate of drug-likeness (QED) is 0.524. The van der Waals surface area contributed by atoms with Crippen LogP contribution in [0.15, 0.2) is 18.3 Å². The van der Waals surface area contributed by atoms with Gasteiger partial charge in [0.05, 0.1) is 0 Å². The van der Waals surface area contributed by atoms with Crippen LogP contribution in [0.2, 0.25) is 0 Å². The summed E-state index contributed by atoms with van der Waals surface area (Å²) in [5.41, 5.74) is 0.151. The normalized spacial score (nSPS) is 10.3. The highest BCUT2D eigenvalue weighted by Crippen LogP contribution is 2.13. The second-order valence-corrected chi connectivity index (χ2v) is 1.82. The van der Waals surface area contributed by atoms with E-state index in [9.17, 15) is 8.78 Å². The molecule has 0 fully saturated rings. The lowest BCUT2D eigenvalue weighted by Crippen LogP contribution is -2.03. The van der Waals surface area contributed by atoms with Crippen molar-refractivity contribution in [3.05, 3.63) is 24.0 Å². The second kappa shape index (κ2) is 2.77. The molecule has 0 saturated carbocycles. The molecule has 50 valence electrons. The van der Waals surface area contributed by atoms with Gasteiger partial charge in [0, 0.05) is 6.20 Å². The van der Waals surface area contributed by atoms with Crippen LogP contribution in [0.4, 0.5) is 8.78 Å². The third-order valence-corrected chi connectivity index (χ3v) is 1.03. The van der Waals surface area contributed by atoms with Crippen LogP contribution in [0.25, 0.3) is 0 Å². The van der Waals surface area contributed by atoms with E-state index in [-0.39, 0.29) is 5.69 Å². The third-order valence-electron chi connectivity index (χ3n) is 1.03. The van der Waals surface area contributed by atoms with Crippen LogP contribution in [0.5, 0.6) is 0 Å². The summed E-state index contributed by atoms with van der Waals surface area (Å²) in [7, 11) is 5.22. The van der Waals surface area contributed by atoms with Gasteiger partial charge in [0.2, 0.25) is 0 Å². The Balaban J connectivity index is 2.89. The molecule has 0 N–H and O–H groups in total. The Hall–Kier alpha value is -0.925. The fourth-order valence-electron chi connectivity index (χ4n) is 0.546. The van der Waals surface area contributed by atoms with Crippen LogP contribution in [-0.4, -0.2) is 12.8 Å². The molecule has 0 amide bonds. The molecule has 1 nitrogen and oxygen atoms in total. The number of hydrogen-bond donors (Lipinski definition) is 0. The predicted molar refractivity (Wildman–Crippen MR) is 34.6 cm³/mol. The molecule has 0 atom stereocenters. The van der Waals surface area contributed by atoms with Crippen molar-refractivity contribution in [2.75, 3.05) is 0 Å². The van der Waals surface area contributed by atoms with Gasteiger partial charge >= 0.3 is 0 Å². The fourth-order valence-corrected chi connectivity index (χ4v) is 0.546. The number of nitrogens with zero attached hydrogens (tertiary/aromatic N) is 1. The first-order chi connectivity index (χ1) is 4.70. The predicted octanol–water partition coefficient (Wildman–Crippen LogP) is 0.813. The van der Waals surface area contributed by atoms with Crippen LogP contribution < -0.4 is 5.46 Å². The molecule has 0 aliphatic rings.